The van der Waals surface area contributed by atoms with Crippen LogP contribution in [0.15, 0.2) is 12.4 Å². The second kappa shape index (κ2) is 3.87. The van der Waals surface area contributed by atoms with Crippen LogP contribution in [0.3, 0.4) is 0 Å². The molecule has 0 aromatic carbocycles. The first kappa shape index (κ1) is 9.93. The molecule has 2 heterocycles. The third-order valence-corrected chi connectivity index (χ3v) is 3.33. The fourth-order valence-electron chi connectivity index (χ4n) is 1.91. The molecular weight excluding hydrogens is 196 g/mol. The van der Waals surface area contributed by atoms with E-state index in [-0.39, 0.29) is 0 Å². The smallest absolute Gasteiger partial charge is 0.177 e. The number of hydrogen-bond donors (Lipinski definition) is 1. The second-order valence-corrected chi connectivity index (χ2v) is 4.70. The van der Waals surface area contributed by atoms with E-state index in [0.29, 0.717) is 5.41 Å². The van der Waals surface area contributed by atoms with Gasteiger partial charge >= 0.3 is 0 Å². The van der Waals surface area contributed by atoms with E-state index in [4.69, 9.17) is 17.0 Å². The average molecular weight is 212 g/mol. The van der Waals surface area contributed by atoms with E-state index in [2.05, 4.69) is 16.5 Å². The van der Waals surface area contributed by atoms with E-state index in [1.807, 2.05) is 12.4 Å². The summed E-state index contributed by atoms with van der Waals surface area (Å²) in [5, 5.41) is 0. The van der Waals surface area contributed by atoms with E-state index in [1.165, 1.54) is 0 Å². The van der Waals surface area contributed by atoms with Gasteiger partial charge in [-0.1, -0.05) is 6.92 Å². The molecule has 1 N–H and O–H groups in total. The average Bonchev–Trinajstić information content (AvgIpc) is 2.52. The van der Waals surface area contributed by atoms with Gasteiger partial charge in [-0.2, -0.15) is 0 Å². The summed E-state index contributed by atoms with van der Waals surface area (Å²) >= 11 is 5.18. The minimum atomic E-state index is 0.346. The van der Waals surface area contributed by atoms with E-state index >= 15 is 0 Å². The first-order valence-corrected chi connectivity index (χ1v) is 5.42. The molecule has 4 heteroatoms. The molecule has 1 aliphatic rings. The van der Waals surface area contributed by atoms with E-state index < -0.39 is 0 Å². The molecule has 0 bridgehead atoms. The van der Waals surface area contributed by atoms with Gasteiger partial charge < -0.3 is 14.3 Å². The quantitative estimate of drug-likeness (QED) is 0.763. The Morgan fingerprint density at radius 3 is 2.86 bits per heavy atom. The minimum absolute atomic E-state index is 0.346. The summed E-state index contributed by atoms with van der Waals surface area (Å²) < 4.78 is 8.30. The monoisotopic (exact) mass is 212 g/mol. The molecule has 1 aliphatic heterocycles. The van der Waals surface area contributed by atoms with Crippen molar-refractivity contribution >= 4 is 12.2 Å². The zero-order valence-corrected chi connectivity index (χ0v) is 9.27. The summed E-state index contributed by atoms with van der Waals surface area (Å²) in [4.78, 5) is 3.02. The molecule has 78 valence electrons. The van der Waals surface area contributed by atoms with Crippen LogP contribution in [0, 0.1) is 10.2 Å². The Kier molecular flexibility index (Phi) is 2.74. The van der Waals surface area contributed by atoms with Gasteiger partial charge in [0.05, 0.1) is 0 Å². The van der Waals surface area contributed by atoms with Crippen LogP contribution < -0.4 is 0 Å². The summed E-state index contributed by atoms with van der Waals surface area (Å²) in [5.74, 6) is 0. The number of aromatic nitrogens is 2. The van der Waals surface area contributed by atoms with Crippen LogP contribution in [0.1, 0.15) is 19.8 Å². The van der Waals surface area contributed by atoms with E-state index in [0.717, 1.165) is 37.4 Å². The highest BCUT2D eigenvalue weighted by molar-refractivity contribution is 7.71. The van der Waals surface area contributed by atoms with Crippen molar-refractivity contribution in [3.8, 4) is 0 Å². The molecule has 0 atom stereocenters. The van der Waals surface area contributed by atoms with Crippen molar-refractivity contribution in [3.05, 3.63) is 17.2 Å². The Morgan fingerprint density at radius 2 is 2.29 bits per heavy atom. The summed E-state index contributed by atoms with van der Waals surface area (Å²) in [6.07, 6.45) is 6.16. The lowest BCUT2D eigenvalue weighted by molar-refractivity contribution is 0.0153. The molecule has 3 nitrogen and oxygen atoms in total. The maximum absolute atomic E-state index is 5.37. The number of nitrogens with zero attached hydrogens (tertiary/aromatic N) is 1. The van der Waals surface area contributed by atoms with Gasteiger partial charge in [-0.05, 0) is 30.5 Å². The summed E-state index contributed by atoms with van der Waals surface area (Å²) in [7, 11) is 0. The lowest BCUT2D eigenvalue weighted by Crippen LogP contribution is -2.30. The molecule has 14 heavy (non-hydrogen) atoms. The van der Waals surface area contributed by atoms with Crippen LogP contribution in [0.2, 0.25) is 0 Å². The highest BCUT2D eigenvalue weighted by Gasteiger charge is 2.27. The van der Waals surface area contributed by atoms with Crippen LogP contribution in [0.4, 0.5) is 0 Å². The predicted molar refractivity (Wildman–Crippen MR) is 57.8 cm³/mol. The first-order chi connectivity index (χ1) is 6.70. The third kappa shape index (κ3) is 2.07. The van der Waals surface area contributed by atoms with Crippen molar-refractivity contribution < 1.29 is 4.74 Å². The number of ether oxygens (including phenoxy) is 1. The van der Waals surface area contributed by atoms with E-state index in [1.54, 1.807) is 0 Å². The third-order valence-electron chi connectivity index (χ3n) is 2.97. The minimum Gasteiger partial charge on any atom is -0.381 e. The molecule has 2 rings (SSSR count). The van der Waals surface area contributed by atoms with Gasteiger partial charge in [0.1, 0.15) is 0 Å². The molecule has 0 saturated carbocycles. The molecular formula is C10H16N2OS. The number of H-pyrrole nitrogens is 1. The fraction of sp³-hybridized carbons (Fsp3) is 0.700. The molecule has 0 spiro atoms. The first-order valence-electron chi connectivity index (χ1n) is 5.01. The zero-order chi connectivity index (χ0) is 10.0. The normalized spacial score (nSPS) is 20.9. The van der Waals surface area contributed by atoms with E-state index in [9.17, 15) is 0 Å². The van der Waals surface area contributed by atoms with Gasteiger partial charge in [-0.3, -0.25) is 0 Å². The molecule has 1 saturated heterocycles. The standard InChI is InChI=1S/C10H16N2OS/c1-10(2-6-13-7-3-10)8-12-5-4-11-9(12)14/h4-5H,2-3,6-8H2,1H3,(H,11,14). The molecule has 0 unspecified atom stereocenters. The predicted octanol–water partition coefficient (Wildman–Crippen LogP) is 2.36. The topological polar surface area (TPSA) is 29.9 Å². The van der Waals surface area contributed by atoms with Crippen molar-refractivity contribution in [1.82, 2.24) is 9.55 Å². The maximum atomic E-state index is 5.37. The number of hydrogen-bond acceptors (Lipinski definition) is 2. The lowest BCUT2D eigenvalue weighted by Gasteiger charge is -2.33. The highest BCUT2D eigenvalue weighted by atomic mass is 32.1. The number of nitrogens with one attached hydrogen (secondary N) is 1. The van der Waals surface area contributed by atoms with Gasteiger partial charge in [0, 0.05) is 32.2 Å². The molecule has 1 aromatic rings. The van der Waals surface area contributed by atoms with Crippen molar-refractivity contribution in [1.29, 1.82) is 0 Å². The van der Waals surface area contributed by atoms with Gasteiger partial charge in [0.2, 0.25) is 0 Å². The van der Waals surface area contributed by atoms with Crippen LogP contribution in [-0.2, 0) is 11.3 Å². The number of imidazole rings is 1. The number of aromatic amines is 1. The Morgan fingerprint density at radius 1 is 1.57 bits per heavy atom. The summed E-state index contributed by atoms with van der Waals surface area (Å²) in [5.41, 5.74) is 0.346. The molecule has 0 amide bonds. The summed E-state index contributed by atoms with van der Waals surface area (Å²) in [6, 6.07) is 0. The fourth-order valence-corrected chi connectivity index (χ4v) is 2.10. The Labute approximate surface area is 89.1 Å². The van der Waals surface area contributed by atoms with Gasteiger partial charge in [0.25, 0.3) is 0 Å². The van der Waals surface area contributed by atoms with Crippen LogP contribution in [0.5, 0.6) is 0 Å². The summed E-state index contributed by atoms with van der Waals surface area (Å²) in [6.45, 7) is 5.07. The van der Waals surface area contributed by atoms with Gasteiger partial charge in [-0.15, -0.1) is 0 Å². The van der Waals surface area contributed by atoms with Gasteiger partial charge in [-0.25, -0.2) is 0 Å². The Balaban J connectivity index is 2.09. The second-order valence-electron chi connectivity index (χ2n) is 4.32. The van der Waals surface area contributed by atoms with Crippen LogP contribution in [-0.4, -0.2) is 22.8 Å². The van der Waals surface area contributed by atoms with Crippen molar-refractivity contribution in [2.24, 2.45) is 5.41 Å². The highest BCUT2D eigenvalue weighted by Crippen LogP contribution is 2.31. The van der Waals surface area contributed by atoms with Crippen LogP contribution >= 0.6 is 12.2 Å². The molecule has 0 aliphatic carbocycles. The van der Waals surface area contributed by atoms with Gasteiger partial charge in [0.15, 0.2) is 4.77 Å². The Hall–Kier alpha value is -0.610. The Bertz CT molecular complexity index is 349. The lowest BCUT2D eigenvalue weighted by atomic mass is 9.82. The van der Waals surface area contributed by atoms with Crippen molar-refractivity contribution in [2.45, 2.75) is 26.3 Å². The molecule has 0 radical (unpaired) electrons. The maximum Gasteiger partial charge on any atom is 0.177 e. The number of rotatable bonds is 2. The SMILES string of the molecule is CC1(Cn2cc[nH]c2=S)CCOCC1. The van der Waals surface area contributed by atoms with Crippen molar-refractivity contribution in [2.75, 3.05) is 13.2 Å². The van der Waals surface area contributed by atoms with Crippen molar-refractivity contribution in [3.63, 3.8) is 0 Å². The molecule has 1 aromatic heterocycles. The largest absolute Gasteiger partial charge is 0.381 e. The zero-order valence-electron chi connectivity index (χ0n) is 8.45. The van der Waals surface area contributed by atoms with Crippen LogP contribution in [0.25, 0.3) is 0 Å². The molecule has 1 fully saturated rings.